The van der Waals surface area contributed by atoms with Crippen molar-refractivity contribution in [3.05, 3.63) is 16.1 Å². The summed E-state index contributed by atoms with van der Waals surface area (Å²) in [5, 5.41) is 7.55. The molecule has 0 aliphatic rings. The first kappa shape index (κ1) is 9.63. The van der Waals surface area contributed by atoms with E-state index in [0.29, 0.717) is 6.42 Å². The average Bonchev–Trinajstić information content (AvgIpc) is 2.30. The highest BCUT2D eigenvalue weighted by Crippen LogP contribution is 2.09. The van der Waals surface area contributed by atoms with Gasteiger partial charge in [-0.1, -0.05) is 0 Å². The van der Waals surface area contributed by atoms with Crippen LogP contribution in [0.5, 0.6) is 0 Å². The number of thiazole rings is 1. The molecule has 0 radical (unpaired) electrons. The van der Waals surface area contributed by atoms with Gasteiger partial charge in [-0.2, -0.15) is 0 Å². The molecule has 1 aromatic rings. The minimum absolute atomic E-state index is 0.0278. The molecule has 0 aliphatic carbocycles. The third-order valence-corrected chi connectivity index (χ3v) is 3.07. The predicted octanol–water partition coefficient (Wildman–Crippen LogP) is 0.283. The van der Waals surface area contributed by atoms with E-state index in [0.717, 1.165) is 10.7 Å². The van der Waals surface area contributed by atoms with E-state index in [4.69, 9.17) is 5.14 Å². The maximum absolute atomic E-state index is 10.6. The number of hydrogen-bond acceptors (Lipinski definition) is 4. The molecule has 0 aromatic carbocycles. The monoisotopic (exact) mass is 206 g/mol. The molecule has 0 saturated carbocycles. The number of primary sulfonamides is 1. The lowest BCUT2D eigenvalue weighted by Gasteiger charge is -1.93. The zero-order chi connectivity index (χ0) is 9.19. The number of aryl methyl sites for hydroxylation is 2. The molecule has 0 spiro atoms. The Morgan fingerprint density at radius 1 is 1.67 bits per heavy atom. The van der Waals surface area contributed by atoms with Crippen LogP contribution in [0.3, 0.4) is 0 Å². The Morgan fingerprint density at radius 2 is 2.33 bits per heavy atom. The van der Waals surface area contributed by atoms with Crippen LogP contribution in [0, 0.1) is 6.92 Å². The summed E-state index contributed by atoms with van der Waals surface area (Å²) in [7, 11) is -3.35. The molecule has 0 fully saturated rings. The second-order valence-electron chi connectivity index (χ2n) is 2.50. The van der Waals surface area contributed by atoms with E-state index < -0.39 is 10.0 Å². The molecule has 0 aliphatic heterocycles. The molecular weight excluding hydrogens is 196 g/mol. The molecule has 1 aromatic heterocycles. The van der Waals surface area contributed by atoms with Crippen molar-refractivity contribution < 1.29 is 8.42 Å². The number of hydrogen-bond donors (Lipinski definition) is 1. The van der Waals surface area contributed by atoms with E-state index in [9.17, 15) is 8.42 Å². The predicted molar refractivity (Wildman–Crippen MR) is 48.5 cm³/mol. The Kier molecular flexibility index (Phi) is 2.81. The number of nitrogens with two attached hydrogens (primary N) is 1. The lowest BCUT2D eigenvalue weighted by atomic mass is 10.5. The minimum Gasteiger partial charge on any atom is -0.247 e. The van der Waals surface area contributed by atoms with Gasteiger partial charge in [-0.05, 0) is 6.92 Å². The molecule has 4 nitrogen and oxygen atoms in total. The standard InChI is InChI=1S/C6H10N2O2S2/c1-5-4-11-6(8-5)2-3-12(7,9)10/h4H,2-3H2,1H3,(H2,7,9,10). The number of sulfonamides is 1. The summed E-state index contributed by atoms with van der Waals surface area (Å²) in [5.74, 6) is -0.0278. The highest BCUT2D eigenvalue weighted by molar-refractivity contribution is 7.89. The number of aromatic nitrogens is 1. The maximum atomic E-state index is 10.6. The largest absolute Gasteiger partial charge is 0.247 e. The summed E-state index contributed by atoms with van der Waals surface area (Å²) < 4.78 is 21.1. The maximum Gasteiger partial charge on any atom is 0.209 e. The highest BCUT2D eigenvalue weighted by atomic mass is 32.2. The fraction of sp³-hybridized carbons (Fsp3) is 0.500. The zero-order valence-corrected chi connectivity index (χ0v) is 8.28. The SMILES string of the molecule is Cc1csc(CCS(N)(=O)=O)n1. The van der Waals surface area contributed by atoms with Crippen LogP contribution in [-0.4, -0.2) is 19.2 Å². The fourth-order valence-electron chi connectivity index (χ4n) is 0.747. The van der Waals surface area contributed by atoms with Crippen molar-refractivity contribution in [2.45, 2.75) is 13.3 Å². The van der Waals surface area contributed by atoms with Crippen molar-refractivity contribution in [2.75, 3.05) is 5.75 Å². The van der Waals surface area contributed by atoms with Crippen molar-refractivity contribution in [3.8, 4) is 0 Å². The first-order valence-corrected chi connectivity index (χ1v) is 5.98. The topological polar surface area (TPSA) is 73.1 Å². The summed E-state index contributed by atoms with van der Waals surface area (Å²) in [5.41, 5.74) is 0.921. The van der Waals surface area contributed by atoms with E-state index >= 15 is 0 Å². The summed E-state index contributed by atoms with van der Waals surface area (Å²) in [6.07, 6.45) is 0.414. The molecule has 68 valence electrons. The smallest absolute Gasteiger partial charge is 0.209 e. The molecule has 2 N–H and O–H groups in total. The normalized spacial score (nSPS) is 11.8. The molecule has 0 amide bonds. The molecule has 1 heterocycles. The third kappa shape index (κ3) is 3.29. The van der Waals surface area contributed by atoms with E-state index in [1.165, 1.54) is 11.3 Å². The average molecular weight is 206 g/mol. The first-order chi connectivity index (χ1) is 5.47. The third-order valence-electron chi connectivity index (χ3n) is 1.27. The molecule has 0 atom stereocenters. The summed E-state index contributed by atoms with van der Waals surface area (Å²) in [6, 6.07) is 0. The summed E-state index contributed by atoms with van der Waals surface area (Å²) in [6.45, 7) is 1.87. The number of rotatable bonds is 3. The lowest BCUT2D eigenvalue weighted by Crippen LogP contribution is -2.17. The van der Waals surface area contributed by atoms with Crippen molar-refractivity contribution >= 4 is 21.4 Å². The van der Waals surface area contributed by atoms with Gasteiger partial charge in [0.15, 0.2) is 0 Å². The van der Waals surface area contributed by atoms with Gasteiger partial charge in [0, 0.05) is 17.5 Å². The van der Waals surface area contributed by atoms with Gasteiger partial charge in [0.1, 0.15) is 0 Å². The quantitative estimate of drug-likeness (QED) is 0.772. The molecule has 0 bridgehead atoms. The van der Waals surface area contributed by atoms with Gasteiger partial charge in [-0.25, -0.2) is 18.5 Å². The molecular formula is C6H10N2O2S2. The van der Waals surface area contributed by atoms with Crippen LogP contribution in [-0.2, 0) is 16.4 Å². The molecule has 6 heteroatoms. The fourth-order valence-corrected chi connectivity index (χ4v) is 2.13. The van der Waals surface area contributed by atoms with Crippen LogP contribution >= 0.6 is 11.3 Å². The Balaban J connectivity index is 2.55. The Morgan fingerprint density at radius 3 is 2.75 bits per heavy atom. The van der Waals surface area contributed by atoms with Crippen molar-refractivity contribution in [1.29, 1.82) is 0 Å². The van der Waals surface area contributed by atoms with Gasteiger partial charge in [-0.15, -0.1) is 11.3 Å². The molecule has 1 rings (SSSR count). The van der Waals surface area contributed by atoms with Gasteiger partial charge in [0.2, 0.25) is 10.0 Å². The van der Waals surface area contributed by atoms with Gasteiger partial charge < -0.3 is 0 Å². The molecule has 12 heavy (non-hydrogen) atoms. The van der Waals surface area contributed by atoms with Crippen LogP contribution in [0.15, 0.2) is 5.38 Å². The van der Waals surface area contributed by atoms with Crippen LogP contribution < -0.4 is 5.14 Å². The molecule has 0 unspecified atom stereocenters. The molecule has 0 saturated heterocycles. The van der Waals surface area contributed by atoms with Gasteiger partial charge in [-0.3, -0.25) is 0 Å². The number of nitrogens with zero attached hydrogens (tertiary/aromatic N) is 1. The first-order valence-electron chi connectivity index (χ1n) is 3.39. The zero-order valence-electron chi connectivity index (χ0n) is 6.65. The summed E-state index contributed by atoms with van der Waals surface area (Å²) in [4.78, 5) is 4.11. The van der Waals surface area contributed by atoms with Crippen LogP contribution in [0.25, 0.3) is 0 Å². The Labute approximate surface area is 75.5 Å². The minimum atomic E-state index is -3.35. The Bertz CT molecular complexity index is 355. The van der Waals surface area contributed by atoms with E-state index in [1.54, 1.807) is 0 Å². The van der Waals surface area contributed by atoms with E-state index in [2.05, 4.69) is 4.98 Å². The van der Waals surface area contributed by atoms with Crippen LogP contribution in [0.4, 0.5) is 0 Å². The lowest BCUT2D eigenvalue weighted by molar-refractivity contribution is 0.597. The second-order valence-corrected chi connectivity index (χ2v) is 5.18. The van der Waals surface area contributed by atoms with Gasteiger partial charge in [0.25, 0.3) is 0 Å². The second kappa shape index (κ2) is 3.51. The van der Waals surface area contributed by atoms with E-state index in [-0.39, 0.29) is 5.75 Å². The van der Waals surface area contributed by atoms with Crippen molar-refractivity contribution in [1.82, 2.24) is 4.98 Å². The van der Waals surface area contributed by atoms with Crippen LogP contribution in [0.1, 0.15) is 10.7 Å². The summed E-state index contributed by atoms with van der Waals surface area (Å²) >= 11 is 1.46. The van der Waals surface area contributed by atoms with Gasteiger partial charge in [0.05, 0.1) is 10.8 Å². The van der Waals surface area contributed by atoms with Crippen molar-refractivity contribution in [2.24, 2.45) is 5.14 Å². The van der Waals surface area contributed by atoms with Gasteiger partial charge >= 0.3 is 0 Å². The highest BCUT2D eigenvalue weighted by Gasteiger charge is 2.05. The van der Waals surface area contributed by atoms with Crippen molar-refractivity contribution in [3.63, 3.8) is 0 Å². The van der Waals surface area contributed by atoms with Crippen LogP contribution in [0.2, 0.25) is 0 Å². The Hall–Kier alpha value is -0.460. The van der Waals surface area contributed by atoms with E-state index in [1.807, 2.05) is 12.3 Å².